The van der Waals surface area contributed by atoms with E-state index in [0.29, 0.717) is 17.9 Å². The van der Waals surface area contributed by atoms with Crippen molar-refractivity contribution < 1.29 is 9.53 Å². The summed E-state index contributed by atoms with van der Waals surface area (Å²) < 4.78 is 5.77. The molecule has 3 N–H and O–H groups in total. The van der Waals surface area contributed by atoms with Gasteiger partial charge >= 0.3 is 0 Å². The number of primary amides is 1. The van der Waals surface area contributed by atoms with E-state index in [1.807, 2.05) is 6.07 Å². The molecule has 242 valence electrons. The third kappa shape index (κ3) is 5.20. The number of piperidine rings is 1. The van der Waals surface area contributed by atoms with Crippen molar-refractivity contribution in [2.45, 2.75) is 62.6 Å². The van der Waals surface area contributed by atoms with Gasteiger partial charge in [-0.3, -0.25) is 9.69 Å². The van der Waals surface area contributed by atoms with Crippen molar-refractivity contribution in [3.63, 3.8) is 0 Å². The average Bonchev–Trinajstić information content (AvgIpc) is 3.07. The van der Waals surface area contributed by atoms with Gasteiger partial charge in [-0.1, -0.05) is 24.3 Å². The molecule has 3 aromatic rings. The Morgan fingerprint density at radius 1 is 0.891 bits per heavy atom. The highest BCUT2D eigenvalue weighted by molar-refractivity contribution is 5.98. The Morgan fingerprint density at radius 2 is 1.61 bits per heavy atom. The van der Waals surface area contributed by atoms with E-state index < -0.39 is 5.91 Å². The molecule has 1 aromatic heterocycles. The minimum absolute atomic E-state index is 0.106. The quantitative estimate of drug-likeness (QED) is 0.409. The number of benzene rings is 2. The monoisotopic (exact) mass is 622 g/mol. The fourth-order valence-corrected chi connectivity index (χ4v) is 8.52. The van der Waals surface area contributed by atoms with Crippen molar-refractivity contribution in [3.8, 4) is 11.3 Å². The van der Waals surface area contributed by atoms with E-state index in [1.54, 1.807) is 0 Å². The smallest absolute Gasteiger partial charge is 0.271 e. The van der Waals surface area contributed by atoms with Gasteiger partial charge < -0.3 is 30.5 Å². The molecule has 0 radical (unpaired) electrons. The second kappa shape index (κ2) is 12.1. The van der Waals surface area contributed by atoms with Gasteiger partial charge in [-0.25, -0.2) is 9.97 Å². The van der Waals surface area contributed by atoms with Gasteiger partial charge in [-0.05, 0) is 81.8 Å². The van der Waals surface area contributed by atoms with Gasteiger partial charge in [0.1, 0.15) is 5.69 Å². The second-order valence-electron chi connectivity index (χ2n) is 13.8. The zero-order valence-corrected chi connectivity index (χ0v) is 27.0. The number of rotatable bonds is 6. The number of nitrogens with one attached hydrogen (secondary N) is 1. The van der Waals surface area contributed by atoms with Gasteiger partial charge in [0.05, 0.1) is 5.54 Å². The van der Waals surface area contributed by atoms with Crippen molar-refractivity contribution in [2.24, 2.45) is 5.73 Å². The summed E-state index contributed by atoms with van der Waals surface area (Å²) in [6.07, 6.45) is 7.63. The fraction of sp³-hybridized carbons (Fsp3) is 0.528. The Bertz CT molecular complexity index is 1570. The Balaban J connectivity index is 1.06. The third-order valence-corrected chi connectivity index (χ3v) is 11.2. The molecular weight excluding hydrogens is 576 g/mol. The summed E-state index contributed by atoms with van der Waals surface area (Å²) in [5.41, 5.74) is 11.2. The summed E-state index contributed by atoms with van der Waals surface area (Å²) in [6, 6.07) is 18.0. The minimum atomic E-state index is -0.586. The van der Waals surface area contributed by atoms with Crippen molar-refractivity contribution in [1.29, 1.82) is 0 Å². The van der Waals surface area contributed by atoms with E-state index in [2.05, 4.69) is 74.4 Å². The van der Waals surface area contributed by atoms with Gasteiger partial charge in [-0.2, -0.15) is 0 Å². The molecule has 5 aliphatic rings. The Hall–Kier alpha value is -3.73. The van der Waals surface area contributed by atoms with Crippen molar-refractivity contribution >= 4 is 28.9 Å². The number of fused-ring (bicyclic) bond motifs is 4. The van der Waals surface area contributed by atoms with Gasteiger partial charge in [0.15, 0.2) is 17.3 Å². The zero-order chi connectivity index (χ0) is 31.3. The summed E-state index contributed by atoms with van der Waals surface area (Å²) in [5.74, 6) is 0.673. The van der Waals surface area contributed by atoms with E-state index in [9.17, 15) is 4.79 Å². The normalized spacial score (nSPS) is 22.3. The van der Waals surface area contributed by atoms with E-state index in [4.69, 9.17) is 20.4 Å². The van der Waals surface area contributed by atoms with Crippen LogP contribution in [0.25, 0.3) is 11.3 Å². The fourth-order valence-electron chi connectivity index (χ4n) is 8.52. The van der Waals surface area contributed by atoms with Crippen molar-refractivity contribution in [2.75, 3.05) is 74.6 Å². The molecule has 8 rings (SSSR count). The number of aromatic nitrogens is 2. The van der Waals surface area contributed by atoms with E-state index in [-0.39, 0.29) is 11.2 Å². The SMILES string of the molecule is CN1CCN(C2CCN(c3ccc(Nc4nc5c(nc4C(N)=O)-c4ccccc4C4(CCC4)N5C4CCOCC4)cc3)CC2)CC1. The molecule has 4 aliphatic heterocycles. The number of nitrogens with zero attached hydrogens (tertiary/aromatic N) is 6. The lowest BCUT2D eigenvalue weighted by Crippen LogP contribution is -2.59. The molecule has 0 bridgehead atoms. The highest BCUT2D eigenvalue weighted by atomic mass is 16.5. The summed E-state index contributed by atoms with van der Waals surface area (Å²) in [6.45, 7) is 8.32. The number of amides is 1. The van der Waals surface area contributed by atoms with Gasteiger partial charge in [0.2, 0.25) is 0 Å². The number of piperazine rings is 1. The predicted molar refractivity (Wildman–Crippen MR) is 182 cm³/mol. The number of nitrogens with two attached hydrogens (primary N) is 1. The molecule has 1 saturated carbocycles. The summed E-state index contributed by atoms with van der Waals surface area (Å²) in [4.78, 5) is 33.2. The first-order chi connectivity index (χ1) is 22.5. The number of ether oxygens (including phenoxy) is 1. The van der Waals surface area contributed by atoms with Crippen molar-refractivity contribution in [1.82, 2.24) is 19.8 Å². The first kappa shape index (κ1) is 29.7. The molecule has 1 amide bonds. The second-order valence-corrected chi connectivity index (χ2v) is 13.8. The highest BCUT2D eigenvalue weighted by Crippen LogP contribution is 2.57. The van der Waals surface area contributed by atoms with Gasteiger partial charge in [-0.15, -0.1) is 0 Å². The van der Waals surface area contributed by atoms with Crippen LogP contribution in [0.5, 0.6) is 0 Å². The van der Waals surface area contributed by atoms with Crippen molar-refractivity contribution in [3.05, 3.63) is 59.8 Å². The molecule has 46 heavy (non-hydrogen) atoms. The molecule has 5 heterocycles. The molecule has 2 aromatic carbocycles. The lowest BCUT2D eigenvalue weighted by Gasteiger charge is -2.57. The summed E-state index contributed by atoms with van der Waals surface area (Å²) in [7, 11) is 2.22. The van der Waals surface area contributed by atoms with Crippen LogP contribution in [-0.2, 0) is 10.3 Å². The molecular formula is C36H46N8O2. The Morgan fingerprint density at radius 3 is 2.28 bits per heavy atom. The topological polar surface area (TPSA) is 103 Å². The van der Waals surface area contributed by atoms with Crippen LogP contribution in [0.4, 0.5) is 23.0 Å². The Labute approximate surface area is 271 Å². The average molecular weight is 623 g/mol. The third-order valence-electron chi connectivity index (χ3n) is 11.2. The van der Waals surface area contributed by atoms with Crippen LogP contribution in [0.3, 0.4) is 0 Å². The summed E-state index contributed by atoms with van der Waals surface area (Å²) in [5, 5.41) is 3.44. The number of hydrogen-bond donors (Lipinski definition) is 2. The summed E-state index contributed by atoms with van der Waals surface area (Å²) >= 11 is 0. The van der Waals surface area contributed by atoms with E-state index in [0.717, 1.165) is 74.7 Å². The van der Waals surface area contributed by atoms with Crippen LogP contribution in [-0.4, -0.2) is 97.3 Å². The number of likely N-dealkylation sites (N-methyl/N-ethyl adjacent to an activating group) is 1. The number of carbonyl (C=O) groups is 1. The van der Waals surface area contributed by atoms with Crippen LogP contribution < -0.4 is 20.9 Å². The minimum Gasteiger partial charge on any atom is -0.381 e. The molecule has 10 heteroatoms. The van der Waals surface area contributed by atoms with E-state index >= 15 is 0 Å². The maximum atomic E-state index is 12.8. The van der Waals surface area contributed by atoms with Gasteiger partial charge in [0.25, 0.3) is 5.91 Å². The highest BCUT2D eigenvalue weighted by Gasteiger charge is 2.52. The van der Waals surface area contributed by atoms with Crippen LogP contribution in [0, 0.1) is 0 Å². The first-order valence-electron chi connectivity index (χ1n) is 17.2. The molecule has 0 unspecified atom stereocenters. The number of hydrogen-bond acceptors (Lipinski definition) is 9. The van der Waals surface area contributed by atoms with E-state index in [1.165, 1.54) is 56.7 Å². The molecule has 3 saturated heterocycles. The van der Waals surface area contributed by atoms with Crippen LogP contribution >= 0.6 is 0 Å². The maximum Gasteiger partial charge on any atom is 0.271 e. The lowest BCUT2D eigenvalue weighted by atomic mass is 9.66. The molecule has 0 atom stereocenters. The Kier molecular flexibility index (Phi) is 7.82. The van der Waals surface area contributed by atoms with Crippen LogP contribution in [0.1, 0.15) is 61.0 Å². The zero-order valence-electron chi connectivity index (χ0n) is 27.0. The first-order valence-corrected chi connectivity index (χ1v) is 17.2. The number of carbonyl (C=O) groups excluding carboxylic acids is 1. The lowest BCUT2D eigenvalue weighted by molar-refractivity contribution is 0.0704. The van der Waals surface area contributed by atoms with Gasteiger partial charge in [0, 0.05) is 81.5 Å². The van der Waals surface area contributed by atoms with Crippen LogP contribution in [0.2, 0.25) is 0 Å². The molecule has 1 aliphatic carbocycles. The molecule has 1 spiro atoms. The number of anilines is 4. The van der Waals surface area contributed by atoms with Crippen LogP contribution in [0.15, 0.2) is 48.5 Å². The largest absolute Gasteiger partial charge is 0.381 e. The maximum absolute atomic E-state index is 12.8. The predicted octanol–water partition coefficient (Wildman–Crippen LogP) is 4.58. The molecule has 10 nitrogen and oxygen atoms in total. The standard InChI is InChI=1S/C36H46N8O2/c1-41-19-21-43(22-20-41)27-11-17-42(18-12-27)26-9-7-25(8-10-26)38-34-32(33(37)45)39-31-29-5-2-3-6-30(29)36(15-4-16-36)44(35(31)40-34)28-13-23-46-24-14-28/h2-3,5-10,27-28H,4,11-24H2,1H3,(H2,37,45)(H,38,40). The molecule has 4 fully saturated rings.